The van der Waals surface area contributed by atoms with Crippen molar-refractivity contribution in [2.75, 3.05) is 10.8 Å². The Balaban J connectivity index is 1.87. The van der Waals surface area contributed by atoms with Crippen LogP contribution in [0.2, 0.25) is 5.02 Å². The van der Waals surface area contributed by atoms with Gasteiger partial charge in [0, 0.05) is 23.0 Å². The Labute approximate surface area is 291 Å². The van der Waals surface area contributed by atoms with Gasteiger partial charge in [-0.15, -0.1) is 0 Å². The highest BCUT2D eigenvalue weighted by Crippen LogP contribution is 2.38. The number of benzene rings is 4. The molecule has 2 amide bonds. The SMILES string of the molecule is CC(C)(C)NC(=O)[C@@H](Cc1ccccc1)N(Cc1cccc(Br)c1)C(=O)CN(c1ccc(Cl)c(C(F)(F)F)c1)S(=O)(=O)c1ccccc1. The average Bonchev–Trinajstić information content (AvgIpc) is 3.01. The van der Waals surface area contributed by atoms with Gasteiger partial charge in [0.1, 0.15) is 12.6 Å². The fourth-order valence-corrected chi connectivity index (χ4v) is 7.07. The first-order valence-electron chi connectivity index (χ1n) is 14.8. The summed E-state index contributed by atoms with van der Waals surface area (Å²) in [5.41, 5.74) is -1.01. The number of hydrogen-bond donors (Lipinski definition) is 1. The minimum atomic E-state index is -4.90. The lowest BCUT2D eigenvalue weighted by atomic mass is 10.0. The lowest BCUT2D eigenvalue weighted by Gasteiger charge is -2.35. The molecular formula is C35H34BrClF3N3O4S. The molecule has 4 aromatic carbocycles. The second kappa shape index (κ2) is 15.1. The summed E-state index contributed by atoms with van der Waals surface area (Å²) in [6.07, 6.45) is -4.83. The van der Waals surface area contributed by atoms with Crippen LogP contribution in [0, 0.1) is 0 Å². The van der Waals surface area contributed by atoms with Crippen LogP contribution in [0.1, 0.15) is 37.5 Å². The fraction of sp³-hybridized carbons (Fsp3) is 0.257. The van der Waals surface area contributed by atoms with Gasteiger partial charge in [-0.05, 0) is 74.4 Å². The molecule has 0 aliphatic heterocycles. The van der Waals surface area contributed by atoms with Crippen molar-refractivity contribution >= 4 is 55.1 Å². The lowest BCUT2D eigenvalue weighted by molar-refractivity contribution is -0.140. The lowest BCUT2D eigenvalue weighted by Crippen LogP contribution is -2.56. The fourth-order valence-electron chi connectivity index (χ4n) is 4.97. The number of amides is 2. The molecule has 0 saturated heterocycles. The number of nitrogens with zero attached hydrogens (tertiary/aromatic N) is 2. The molecule has 13 heteroatoms. The van der Waals surface area contributed by atoms with Crippen molar-refractivity contribution in [1.82, 2.24) is 10.2 Å². The maximum Gasteiger partial charge on any atom is 0.417 e. The number of hydrogen-bond acceptors (Lipinski definition) is 4. The zero-order valence-electron chi connectivity index (χ0n) is 26.3. The summed E-state index contributed by atoms with van der Waals surface area (Å²) in [6.45, 7) is 4.34. The van der Waals surface area contributed by atoms with Crippen LogP contribution in [0.4, 0.5) is 18.9 Å². The van der Waals surface area contributed by atoms with Crippen LogP contribution in [-0.2, 0) is 38.8 Å². The van der Waals surface area contributed by atoms with Crippen LogP contribution in [0.25, 0.3) is 0 Å². The summed E-state index contributed by atoms with van der Waals surface area (Å²) in [4.78, 5) is 29.5. The third-order valence-electron chi connectivity index (χ3n) is 7.16. The molecule has 0 aliphatic rings. The molecule has 254 valence electrons. The van der Waals surface area contributed by atoms with Gasteiger partial charge in [0.25, 0.3) is 10.0 Å². The summed E-state index contributed by atoms with van der Waals surface area (Å²) in [7, 11) is -4.60. The van der Waals surface area contributed by atoms with Crippen LogP contribution < -0.4 is 9.62 Å². The first-order chi connectivity index (χ1) is 22.5. The summed E-state index contributed by atoms with van der Waals surface area (Å²) in [5, 5.41) is 2.30. The molecule has 0 fully saturated rings. The molecule has 1 N–H and O–H groups in total. The van der Waals surface area contributed by atoms with Crippen molar-refractivity contribution in [1.29, 1.82) is 0 Å². The Bertz CT molecular complexity index is 1850. The van der Waals surface area contributed by atoms with Gasteiger partial charge in [-0.25, -0.2) is 8.42 Å². The molecule has 0 aliphatic carbocycles. The average molecular weight is 765 g/mol. The molecule has 0 heterocycles. The van der Waals surface area contributed by atoms with Crippen LogP contribution in [0.5, 0.6) is 0 Å². The molecule has 0 bridgehead atoms. The van der Waals surface area contributed by atoms with Crippen molar-refractivity contribution in [2.45, 2.75) is 56.4 Å². The smallest absolute Gasteiger partial charge is 0.350 e. The van der Waals surface area contributed by atoms with E-state index in [1.807, 2.05) is 6.07 Å². The van der Waals surface area contributed by atoms with E-state index in [2.05, 4.69) is 21.2 Å². The number of carbonyl (C=O) groups is 2. The highest BCUT2D eigenvalue weighted by molar-refractivity contribution is 9.10. The summed E-state index contributed by atoms with van der Waals surface area (Å²) in [6, 6.07) is 24.6. The van der Waals surface area contributed by atoms with Gasteiger partial charge >= 0.3 is 6.18 Å². The number of nitrogens with one attached hydrogen (secondary N) is 1. The van der Waals surface area contributed by atoms with Crippen molar-refractivity contribution in [3.05, 3.63) is 129 Å². The monoisotopic (exact) mass is 763 g/mol. The van der Waals surface area contributed by atoms with E-state index in [1.54, 1.807) is 75.4 Å². The molecular weight excluding hydrogens is 731 g/mol. The molecule has 4 rings (SSSR count). The second-order valence-electron chi connectivity index (χ2n) is 12.1. The number of alkyl halides is 3. The zero-order valence-corrected chi connectivity index (χ0v) is 29.5. The van der Waals surface area contributed by atoms with Gasteiger partial charge in [0.15, 0.2) is 0 Å². The minimum absolute atomic E-state index is 0.0765. The molecule has 0 aromatic heterocycles. The first-order valence-corrected chi connectivity index (χ1v) is 17.4. The maximum atomic E-state index is 14.5. The van der Waals surface area contributed by atoms with Crippen molar-refractivity contribution < 1.29 is 31.2 Å². The number of carbonyl (C=O) groups excluding carboxylic acids is 2. The van der Waals surface area contributed by atoms with Gasteiger partial charge in [0.05, 0.1) is 21.2 Å². The summed E-state index contributed by atoms with van der Waals surface area (Å²) >= 11 is 9.30. The normalized spacial score (nSPS) is 12.7. The number of halogens is 5. The number of anilines is 1. The third-order valence-corrected chi connectivity index (χ3v) is 9.78. The van der Waals surface area contributed by atoms with Gasteiger partial charge in [-0.3, -0.25) is 13.9 Å². The van der Waals surface area contributed by atoms with Crippen LogP contribution in [0.15, 0.2) is 112 Å². The Kier molecular flexibility index (Phi) is 11.6. The highest BCUT2D eigenvalue weighted by Gasteiger charge is 2.38. The minimum Gasteiger partial charge on any atom is -0.350 e. The van der Waals surface area contributed by atoms with Crippen LogP contribution >= 0.6 is 27.5 Å². The first kappa shape index (κ1) is 37.0. The zero-order chi connectivity index (χ0) is 35.3. The van der Waals surface area contributed by atoms with E-state index >= 15 is 0 Å². The van der Waals surface area contributed by atoms with Gasteiger partial charge in [0.2, 0.25) is 11.8 Å². The van der Waals surface area contributed by atoms with Crippen LogP contribution in [-0.4, -0.2) is 43.3 Å². The number of rotatable bonds is 11. The largest absolute Gasteiger partial charge is 0.417 e. The quantitative estimate of drug-likeness (QED) is 0.169. The topological polar surface area (TPSA) is 86.8 Å². The predicted molar refractivity (Wildman–Crippen MR) is 184 cm³/mol. The Morgan fingerprint density at radius 3 is 2.04 bits per heavy atom. The summed E-state index contributed by atoms with van der Waals surface area (Å²) < 4.78 is 71.3. The van der Waals surface area contributed by atoms with Gasteiger partial charge in [-0.1, -0.05) is 88.2 Å². The van der Waals surface area contributed by atoms with Gasteiger partial charge < -0.3 is 10.2 Å². The predicted octanol–water partition coefficient (Wildman–Crippen LogP) is 7.87. The molecule has 0 spiro atoms. The van der Waals surface area contributed by atoms with E-state index in [1.165, 1.54) is 29.2 Å². The van der Waals surface area contributed by atoms with E-state index in [4.69, 9.17) is 11.6 Å². The summed E-state index contributed by atoms with van der Waals surface area (Å²) in [5.74, 6) is -1.30. The highest BCUT2D eigenvalue weighted by atomic mass is 79.9. The molecule has 0 saturated carbocycles. The van der Waals surface area contributed by atoms with E-state index in [0.29, 0.717) is 20.4 Å². The molecule has 4 aromatic rings. The van der Waals surface area contributed by atoms with Crippen molar-refractivity contribution in [2.24, 2.45) is 0 Å². The van der Waals surface area contributed by atoms with E-state index in [0.717, 1.165) is 17.7 Å². The Morgan fingerprint density at radius 2 is 1.46 bits per heavy atom. The standard InChI is InChI=1S/C35H34BrClF3N3O4S/c1-34(2,3)41-33(45)31(20-24-11-6-4-7-12-24)42(22-25-13-10-14-26(36)19-25)32(44)23-43(48(46,47)28-15-8-5-9-16-28)27-17-18-30(37)29(21-27)35(38,39)40/h4-19,21,31H,20,22-23H2,1-3H3,(H,41,45)/t31-/m1/s1. The van der Waals surface area contributed by atoms with Crippen molar-refractivity contribution in [3.8, 4) is 0 Å². The van der Waals surface area contributed by atoms with E-state index in [-0.39, 0.29) is 17.9 Å². The molecule has 48 heavy (non-hydrogen) atoms. The van der Waals surface area contributed by atoms with Gasteiger partial charge in [-0.2, -0.15) is 13.2 Å². The second-order valence-corrected chi connectivity index (χ2v) is 15.3. The molecule has 1 atom stereocenters. The number of sulfonamides is 1. The molecule has 7 nitrogen and oxygen atoms in total. The molecule has 0 radical (unpaired) electrons. The third kappa shape index (κ3) is 9.61. The van der Waals surface area contributed by atoms with Crippen LogP contribution in [0.3, 0.4) is 0 Å². The Morgan fingerprint density at radius 1 is 0.854 bits per heavy atom. The van der Waals surface area contributed by atoms with E-state index < -0.39 is 62.4 Å². The molecule has 0 unspecified atom stereocenters. The van der Waals surface area contributed by atoms with Crippen molar-refractivity contribution in [3.63, 3.8) is 0 Å². The van der Waals surface area contributed by atoms with E-state index in [9.17, 15) is 31.2 Å². The Hall–Kier alpha value is -3.87. The maximum absolute atomic E-state index is 14.5.